The number of H-pyrrole nitrogens is 1. The molecular formula is C17H15BrN2O. The van der Waals surface area contributed by atoms with Crippen molar-refractivity contribution in [2.75, 3.05) is 0 Å². The van der Waals surface area contributed by atoms with Gasteiger partial charge < -0.3 is 10.3 Å². The molecule has 3 aromatic rings. The summed E-state index contributed by atoms with van der Waals surface area (Å²) in [5.74, 6) is -0.0984. The molecule has 21 heavy (non-hydrogen) atoms. The second-order valence-electron chi connectivity index (χ2n) is 5.02. The Morgan fingerprint density at radius 1 is 1.14 bits per heavy atom. The Morgan fingerprint density at radius 3 is 2.67 bits per heavy atom. The second kappa shape index (κ2) is 5.74. The highest BCUT2D eigenvalue weighted by molar-refractivity contribution is 9.10. The molecule has 0 aliphatic rings. The molecule has 1 atom stereocenters. The van der Waals surface area contributed by atoms with E-state index in [1.165, 1.54) is 0 Å². The van der Waals surface area contributed by atoms with Crippen molar-refractivity contribution in [3.8, 4) is 0 Å². The van der Waals surface area contributed by atoms with Crippen LogP contribution in [0.15, 0.2) is 59.1 Å². The van der Waals surface area contributed by atoms with E-state index in [4.69, 9.17) is 0 Å². The number of hydrogen-bond donors (Lipinski definition) is 2. The molecule has 0 saturated carbocycles. The van der Waals surface area contributed by atoms with Crippen molar-refractivity contribution in [3.05, 3.63) is 70.3 Å². The number of benzene rings is 2. The number of nitrogens with one attached hydrogen (secondary N) is 2. The van der Waals surface area contributed by atoms with Crippen LogP contribution in [-0.4, -0.2) is 10.9 Å². The van der Waals surface area contributed by atoms with Gasteiger partial charge in [-0.15, -0.1) is 0 Å². The molecule has 0 fully saturated rings. The monoisotopic (exact) mass is 342 g/mol. The van der Waals surface area contributed by atoms with Gasteiger partial charge in [-0.1, -0.05) is 46.3 Å². The topological polar surface area (TPSA) is 44.9 Å². The maximum Gasteiger partial charge on any atom is 0.268 e. The summed E-state index contributed by atoms with van der Waals surface area (Å²) in [5, 5.41) is 4.02. The van der Waals surface area contributed by atoms with Crippen molar-refractivity contribution in [1.29, 1.82) is 0 Å². The van der Waals surface area contributed by atoms with E-state index < -0.39 is 0 Å². The molecule has 1 unspecified atom stereocenters. The molecule has 2 N–H and O–H groups in total. The first-order valence-corrected chi connectivity index (χ1v) is 7.57. The first kappa shape index (κ1) is 13.9. The van der Waals surface area contributed by atoms with Crippen molar-refractivity contribution >= 4 is 32.7 Å². The van der Waals surface area contributed by atoms with E-state index in [2.05, 4.69) is 26.2 Å². The smallest absolute Gasteiger partial charge is 0.268 e. The van der Waals surface area contributed by atoms with Crippen molar-refractivity contribution < 1.29 is 4.79 Å². The lowest BCUT2D eigenvalue weighted by Crippen LogP contribution is -2.26. The summed E-state index contributed by atoms with van der Waals surface area (Å²) in [6, 6.07) is 17.7. The van der Waals surface area contributed by atoms with Gasteiger partial charge in [0.2, 0.25) is 0 Å². The zero-order valence-corrected chi connectivity index (χ0v) is 13.1. The maximum atomic E-state index is 12.3. The average Bonchev–Trinajstić information content (AvgIpc) is 2.91. The van der Waals surface area contributed by atoms with E-state index in [0.717, 1.165) is 20.9 Å². The zero-order chi connectivity index (χ0) is 14.8. The molecule has 4 heteroatoms. The van der Waals surface area contributed by atoms with Gasteiger partial charge in [0.1, 0.15) is 5.69 Å². The molecule has 0 aliphatic carbocycles. The van der Waals surface area contributed by atoms with Gasteiger partial charge in [0, 0.05) is 15.4 Å². The van der Waals surface area contributed by atoms with Gasteiger partial charge in [0.25, 0.3) is 5.91 Å². The summed E-state index contributed by atoms with van der Waals surface area (Å²) in [7, 11) is 0. The molecule has 0 radical (unpaired) electrons. The molecule has 3 nitrogen and oxygen atoms in total. The number of amides is 1. The van der Waals surface area contributed by atoms with Gasteiger partial charge in [-0.05, 0) is 36.8 Å². The fourth-order valence-electron chi connectivity index (χ4n) is 2.33. The summed E-state index contributed by atoms with van der Waals surface area (Å²) < 4.78 is 0.999. The van der Waals surface area contributed by atoms with Crippen LogP contribution < -0.4 is 5.32 Å². The number of aromatic nitrogens is 1. The van der Waals surface area contributed by atoms with E-state index in [1.807, 2.05) is 61.5 Å². The number of rotatable bonds is 3. The fourth-order valence-corrected chi connectivity index (χ4v) is 2.70. The van der Waals surface area contributed by atoms with Crippen LogP contribution in [0, 0.1) is 0 Å². The Hall–Kier alpha value is -2.07. The van der Waals surface area contributed by atoms with Crippen LogP contribution in [-0.2, 0) is 0 Å². The number of carbonyl (C=O) groups is 1. The predicted molar refractivity (Wildman–Crippen MR) is 88.3 cm³/mol. The van der Waals surface area contributed by atoms with E-state index in [-0.39, 0.29) is 11.9 Å². The molecule has 0 aliphatic heterocycles. The largest absolute Gasteiger partial charge is 0.351 e. The van der Waals surface area contributed by atoms with E-state index in [0.29, 0.717) is 5.69 Å². The lowest BCUT2D eigenvalue weighted by Gasteiger charge is -2.13. The predicted octanol–water partition coefficient (Wildman–Crippen LogP) is 4.42. The minimum Gasteiger partial charge on any atom is -0.351 e. The summed E-state index contributed by atoms with van der Waals surface area (Å²) in [6.45, 7) is 1.98. The van der Waals surface area contributed by atoms with E-state index in [9.17, 15) is 4.79 Å². The van der Waals surface area contributed by atoms with Crippen molar-refractivity contribution in [2.24, 2.45) is 0 Å². The SMILES string of the molecule is CC(NC(=O)c1cc2cc(Br)ccc2[nH]1)c1ccccc1. The number of carbonyl (C=O) groups excluding carboxylic acids is 1. The summed E-state index contributed by atoms with van der Waals surface area (Å²) in [4.78, 5) is 15.5. The Balaban J connectivity index is 1.80. The number of hydrogen-bond acceptors (Lipinski definition) is 1. The summed E-state index contributed by atoms with van der Waals surface area (Å²) in [6.07, 6.45) is 0. The third-order valence-corrected chi connectivity index (χ3v) is 3.97. The summed E-state index contributed by atoms with van der Waals surface area (Å²) >= 11 is 3.44. The van der Waals surface area contributed by atoms with E-state index in [1.54, 1.807) is 0 Å². The second-order valence-corrected chi connectivity index (χ2v) is 5.94. The highest BCUT2D eigenvalue weighted by atomic mass is 79.9. The van der Waals surface area contributed by atoms with Crippen molar-refractivity contribution in [2.45, 2.75) is 13.0 Å². The molecule has 0 spiro atoms. The molecule has 0 bridgehead atoms. The lowest BCUT2D eigenvalue weighted by molar-refractivity contribution is 0.0935. The fraction of sp³-hybridized carbons (Fsp3) is 0.118. The zero-order valence-electron chi connectivity index (χ0n) is 11.6. The van der Waals surface area contributed by atoms with Gasteiger partial charge in [0.05, 0.1) is 6.04 Å². The van der Waals surface area contributed by atoms with Crippen LogP contribution >= 0.6 is 15.9 Å². The van der Waals surface area contributed by atoms with Crippen LogP contribution in [0.3, 0.4) is 0 Å². The lowest BCUT2D eigenvalue weighted by atomic mass is 10.1. The first-order chi connectivity index (χ1) is 10.1. The summed E-state index contributed by atoms with van der Waals surface area (Å²) in [5.41, 5.74) is 2.62. The molecule has 3 rings (SSSR count). The average molecular weight is 343 g/mol. The van der Waals surface area contributed by atoms with Crippen LogP contribution in [0.2, 0.25) is 0 Å². The Bertz CT molecular complexity index is 780. The maximum absolute atomic E-state index is 12.3. The highest BCUT2D eigenvalue weighted by Crippen LogP contribution is 2.21. The third-order valence-electron chi connectivity index (χ3n) is 3.47. The number of aromatic amines is 1. The third kappa shape index (κ3) is 3.00. The molecule has 106 valence electrons. The number of halogens is 1. The number of fused-ring (bicyclic) bond motifs is 1. The van der Waals surface area contributed by atoms with Crippen molar-refractivity contribution in [1.82, 2.24) is 10.3 Å². The normalized spacial score (nSPS) is 12.3. The van der Waals surface area contributed by atoms with Crippen molar-refractivity contribution in [3.63, 3.8) is 0 Å². The van der Waals surface area contributed by atoms with Gasteiger partial charge >= 0.3 is 0 Å². The molecule has 1 heterocycles. The van der Waals surface area contributed by atoms with Crippen LogP contribution in [0.5, 0.6) is 0 Å². The highest BCUT2D eigenvalue weighted by Gasteiger charge is 2.13. The first-order valence-electron chi connectivity index (χ1n) is 6.77. The molecule has 2 aromatic carbocycles. The molecule has 1 amide bonds. The minimum atomic E-state index is -0.0984. The van der Waals surface area contributed by atoms with Crippen LogP contribution in [0.4, 0.5) is 0 Å². The van der Waals surface area contributed by atoms with Gasteiger partial charge in [-0.3, -0.25) is 4.79 Å². The standard InChI is InChI=1S/C17H15BrN2O/c1-11(12-5-3-2-4-6-12)19-17(21)16-10-13-9-14(18)7-8-15(13)20-16/h2-11,20H,1H3,(H,19,21). The van der Waals surface area contributed by atoms with Gasteiger partial charge in [-0.25, -0.2) is 0 Å². The molecule has 1 aromatic heterocycles. The van der Waals surface area contributed by atoms with E-state index >= 15 is 0 Å². The van der Waals surface area contributed by atoms with Gasteiger partial charge in [0.15, 0.2) is 0 Å². The minimum absolute atomic E-state index is 0.0307. The Morgan fingerprint density at radius 2 is 1.90 bits per heavy atom. The quantitative estimate of drug-likeness (QED) is 0.726. The molecular weight excluding hydrogens is 328 g/mol. The Kier molecular flexibility index (Phi) is 3.80. The van der Waals surface area contributed by atoms with Crippen LogP contribution in [0.25, 0.3) is 10.9 Å². The van der Waals surface area contributed by atoms with Crippen LogP contribution in [0.1, 0.15) is 29.0 Å². The Labute approximate surface area is 131 Å². The van der Waals surface area contributed by atoms with Gasteiger partial charge in [-0.2, -0.15) is 0 Å². The molecule has 0 saturated heterocycles.